The smallest absolute Gasteiger partial charge is 0.218 e. The van der Waals surface area contributed by atoms with E-state index in [-0.39, 0.29) is 5.25 Å². The third-order valence-corrected chi connectivity index (χ3v) is 6.38. The van der Waals surface area contributed by atoms with Gasteiger partial charge < -0.3 is 5.32 Å². The van der Waals surface area contributed by atoms with Gasteiger partial charge in [-0.05, 0) is 46.3 Å². The van der Waals surface area contributed by atoms with E-state index in [0.717, 1.165) is 19.5 Å². The van der Waals surface area contributed by atoms with E-state index in [2.05, 4.69) is 10.2 Å². The highest BCUT2D eigenvalue weighted by atomic mass is 32.2. The Hall–Kier alpha value is -0.170. The van der Waals surface area contributed by atoms with E-state index in [1.807, 2.05) is 0 Å². The Kier molecular flexibility index (Phi) is 4.64. The number of nitrogens with zero attached hydrogens (tertiary/aromatic N) is 2. The summed E-state index contributed by atoms with van der Waals surface area (Å²) in [6, 6.07) is 0.448. The molecule has 0 aromatic rings. The zero-order valence-corrected chi connectivity index (χ0v) is 12.2. The fraction of sp³-hybridized carbons (Fsp3) is 1.00. The van der Waals surface area contributed by atoms with Crippen molar-refractivity contribution in [3.63, 3.8) is 0 Å². The van der Waals surface area contributed by atoms with Gasteiger partial charge in [-0.2, -0.15) is 0 Å². The third-order valence-electron chi connectivity index (χ3n) is 4.14. The molecule has 2 aliphatic rings. The minimum Gasteiger partial charge on any atom is -0.318 e. The SMILES string of the molecule is CNCC(C)S(=O)(=O)N1CCC(N2CCCC2)C1. The summed E-state index contributed by atoms with van der Waals surface area (Å²) in [5, 5.41) is 2.61. The molecule has 2 aliphatic heterocycles. The summed E-state index contributed by atoms with van der Waals surface area (Å²) in [7, 11) is -1.32. The molecule has 2 atom stereocenters. The number of hydrogen-bond acceptors (Lipinski definition) is 4. The van der Waals surface area contributed by atoms with E-state index in [1.165, 1.54) is 12.8 Å². The van der Waals surface area contributed by atoms with Gasteiger partial charge in [0.2, 0.25) is 10.0 Å². The second kappa shape index (κ2) is 5.86. The minimum atomic E-state index is -3.12. The molecule has 106 valence electrons. The molecule has 2 fully saturated rings. The maximum atomic E-state index is 12.4. The van der Waals surface area contributed by atoms with Crippen molar-refractivity contribution in [1.29, 1.82) is 0 Å². The average molecular weight is 275 g/mol. The summed E-state index contributed by atoms with van der Waals surface area (Å²) < 4.78 is 26.4. The van der Waals surface area contributed by atoms with Gasteiger partial charge in [0.1, 0.15) is 0 Å². The lowest BCUT2D eigenvalue weighted by atomic mass is 10.2. The first-order valence-corrected chi connectivity index (χ1v) is 8.43. The molecule has 0 saturated carbocycles. The summed E-state index contributed by atoms with van der Waals surface area (Å²) in [5.74, 6) is 0. The molecular weight excluding hydrogens is 250 g/mol. The number of hydrogen-bond donors (Lipinski definition) is 1. The largest absolute Gasteiger partial charge is 0.318 e. The molecule has 2 saturated heterocycles. The molecule has 1 N–H and O–H groups in total. The third kappa shape index (κ3) is 2.87. The van der Waals surface area contributed by atoms with Crippen molar-refractivity contribution in [1.82, 2.24) is 14.5 Å². The standard InChI is InChI=1S/C12H25N3O2S/c1-11(9-13-2)18(16,17)15-8-5-12(10-15)14-6-3-4-7-14/h11-13H,3-10H2,1-2H3. The summed E-state index contributed by atoms with van der Waals surface area (Å²) in [6.07, 6.45) is 3.52. The molecule has 0 aromatic carbocycles. The molecule has 0 spiro atoms. The topological polar surface area (TPSA) is 52.7 Å². The summed E-state index contributed by atoms with van der Waals surface area (Å²) in [6.45, 7) is 5.98. The Morgan fingerprint density at radius 1 is 1.28 bits per heavy atom. The van der Waals surface area contributed by atoms with Crippen LogP contribution in [0.15, 0.2) is 0 Å². The van der Waals surface area contributed by atoms with E-state index in [1.54, 1.807) is 18.3 Å². The van der Waals surface area contributed by atoms with Gasteiger partial charge in [-0.3, -0.25) is 4.90 Å². The average Bonchev–Trinajstić information content (AvgIpc) is 3.00. The molecule has 2 heterocycles. The highest BCUT2D eigenvalue weighted by molar-refractivity contribution is 7.89. The molecule has 0 radical (unpaired) electrons. The monoisotopic (exact) mass is 275 g/mol. The van der Waals surface area contributed by atoms with Crippen LogP contribution in [-0.4, -0.2) is 68.7 Å². The lowest BCUT2D eigenvalue weighted by molar-refractivity contribution is 0.250. The highest BCUT2D eigenvalue weighted by Crippen LogP contribution is 2.23. The molecule has 2 rings (SSSR count). The molecule has 5 nitrogen and oxygen atoms in total. The Morgan fingerprint density at radius 3 is 2.56 bits per heavy atom. The van der Waals surface area contributed by atoms with E-state index in [4.69, 9.17) is 0 Å². The predicted molar refractivity (Wildman–Crippen MR) is 73.1 cm³/mol. The molecule has 0 aromatic heterocycles. The zero-order valence-electron chi connectivity index (χ0n) is 11.4. The molecule has 0 bridgehead atoms. The van der Waals surface area contributed by atoms with Gasteiger partial charge in [0.05, 0.1) is 5.25 Å². The van der Waals surface area contributed by atoms with E-state index in [0.29, 0.717) is 25.7 Å². The summed E-state index contributed by atoms with van der Waals surface area (Å²) >= 11 is 0. The summed E-state index contributed by atoms with van der Waals surface area (Å²) in [5.41, 5.74) is 0. The van der Waals surface area contributed by atoms with Gasteiger partial charge >= 0.3 is 0 Å². The first kappa shape index (κ1) is 14.2. The Balaban J connectivity index is 1.95. The normalized spacial score (nSPS) is 28.9. The van der Waals surface area contributed by atoms with Gasteiger partial charge in [-0.15, -0.1) is 0 Å². The van der Waals surface area contributed by atoms with Crippen LogP contribution in [0.4, 0.5) is 0 Å². The van der Waals surface area contributed by atoms with Crippen LogP contribution in [0.25, 0.3) is 0 Å². The van der Waals surface area contributed by atoms with Crippen molar-refractivity contribution < 1.29 is 8.42 Å². The fourth-order valence-electron chi connectivity index (χ4n) is 2.99. The maximum Gasteiger partial charge on any atom is 0.218 e. The fourth-order valence-corrected chi connectivity index (χ4v) is 4.62. The highest BCUT2D eigenvalue weighted by Gasteiger charge is 2.37. The van der Waals surface area contributed by atoms with Crippen molar-refractivity contribution in [3.8, 4) is 0 Å². The number of likely N-dealkylation sites (tertiary alicyclic amines) is 1. The van der Waals surface area contributed by atoms with Crippen LogP contribution < -0.4 is 5.32 Å². The Morgan fingerprint density at radius 2 is 1.94 bits per heavy atom. The number of nitrogens with one attached hydrogen (secondary N) is 1. The van der Waals surface area contributed by atoms with Crippen LogP contribution in [0.3, 0.4) is 0 Å². The molecule has 2 unspecified atom stereocenters. The lowest BCUT2D eigenvalue weighted by Gasteiger charge is -2.25. The van der Waals surface area contributed by atoms with Gasteiger partial charge in [-0.25, -0.2) is 12.7 Å². The zero-order chi connectivity index (χ0) is 13.2. The van der Waals surface area contributed by atoms with E-state index in [9.17, 15) is 8.42 Å². The molecule has 18 heavy (non-hydrogen) atoms. The maximum absolute atomic E-state index is 12.4. The molecule has 0 amide bonds. The van der Waals surface area contributed by atoms with Crippen LogP contribution in [0.1, 0.15) is 26.2 Å². The van der Waals surface area contributed by atoms with E-state index >= 15 is 0 Å². The second-order valence-electron chi connectivity index (χ2n) is 5.46. The Labute approximate surface area is 111 Å². The van der Waals surface area contributed by atoms with Crippen molar-refractivity contribution in [2.24, 2.45) is 0 Å². The van der Waals surface area contributed by atoms with Gasteiger partial charge in [0, 0.05) is 25.7 Å². The molecule has 6 heteroatoms. The first-order valence-electron chi connectivity index (χ1n) is 6.93. The first-order chi connectivity index (χ1) is 8.55. The summed E-state index contributed by atoms with van der Waals surface area (Å²) in [4.78, 5) is 2.46. The second-order valence-corrected chi connectivity index (χ2v) is 7.81. The van der Waals surface area contributed by atoms with Crippen LogP contribution in [0.5, 0.6) is 0 Å². The molecular formula is C12H25N3O2S. The van der Waals surface area contributed by atoms with Gasteiger partial charge in [0.25, 0.3) is 0 Å². The predicted octanol–water partition coefficient (Wildman–Crippen LogP) is 0.0942. The van der Waals surface area contributed by atoms with Crippen molar-refractivity contribution >= 4 is 10.0 Å². The Bertz CT molecular complexity index is 366. The van der Waals surface area contributed by atoms with E-state index < -0.39 is 10.0 Å². The van der Waals surface area contributed by atoms with Gasteiger partial charge in [0.15, 0.2) is 0 Å². The van der Waals surface area contributed by atoms with Gasteiger partial charge in [-0.1, -0.05) is 0 Å². The van der Waals surface area contributed by atoms with Crippen LogP contribution in [0.2, 0.25) is 0 Å². The quantitative estimate of drug-likeness (QED) is 0.773. The van der Waals surface area contributed by atoms with Crippen LogP contribution in [-0.2, 0) is 10.0 Å². The molecule has 0 aliphatic carbocycles. The minimum absolute atomic E-state index is 0.333. The van der Waals surface area contributed by atoms with Crippen molar-refractivity contribution in [2.75, 3.05) is 39.8 Å². The lowest BCUT2D eigenvalue weighted by Crippen LogP contribution is -2.42. The number of sulfonamides is 1. The van der Waals surface area contributed by atoms with Crippen molar-refractivity contribution in [3.05, 3.63) is 0 Å². The van der Waals surface area contributed by atoms with Crippen molar-refractivity contribution in [2.45, 2.75) is 37.5 Å². The number of rotatable bonds is 5. The van der Waals surface area contributed by atoms with Crippen LogP contribution in [0, 0.1) is 0 Å². The van der Waals surface area contributed by atoms with Crippen LogP contribution >= 0.6 is 0 Å².